The van der Waals surface area contributed by atoms with Gasteiger partial charge in [-0.1, -0.05) is 145 Å². The van der Waals surface area contributed by atoms with Crippen molar-refractivity contribution in [3.63, 3.8) is 0 Å². The van der Waals surface area contributed by atoms with Crippen LogP contribution in [0, 0.1) is 13.8 Å². The van der Waals surface area contributed by atoms with Crippen LogP contribution in [0.3, 0.4) is 0 Å². The summed E-state index contributed by atoms with van der Waals surface area (Å²) in [5, 5.41) is 0. The molecule has 6 aromatic rings. The summed E-state index contributed by atoms with van der Waals surface area (Å²) >= 11 is 0. The smallest absolute Gasteiger partial charge is 0.321 e. The van der Waals surface area contributed by atoms with Gasteiger partial charge in [-0.2, -0.15) is 0 Å². The zero-order chi connectivity index (χ0) is 40.8. The first-order valence-electron chi connectivity index (χ1n) is 20.7. The summed E-state index contributed by atoms with van der Waals surface area (Å²) in [7, 11) is 0. The summed E-state index contributed by atoms with van der Waals surface area (Å²) in [6.45, 7) is 9.93. The Morgan fingerprint density at radius 1 is 0.475 bits per heavy atom. The number of hydrogen-bond acceptors (Lipinski definition) is 5. The zero-order valence-corrected chi connectivity index (χ0v) is 34.5. The Balaban J connectivity index is 1.14. The van der Waals surface area contributed by atoms with Crippen molar-refractivity contribution in [3.05, 3.63) is 202 Å². The second kappa shape index (κ2) is 17.9. The summed E-state index contributed by atoms with van der Waals surface area (Å²) in [5.74, 6) is 0.710. The van der Waals surface area contributed by atoms with Crippen molar-refractivity contribution in [1.29, 1.82) is 0 Å². The van der Waals surface area contributed by atoms with E-state index in [2.05, 4.69) is 111 Å². The van der Waals surface area contributed by atoms with Gasteiger partial charge in [0.2, 0.25) is 0 Å². The number of carbonyl (C=O) groups excluding carboxylic acids is 1. The Bertz CT molecular complexity index is 2100. The molecule has 0 spiro atoms. The maximum absolute atomic E-state index is 15.6. The molecule has 0 N–H and O–H groups in total. The highest BCUT2D eigenvalue weighted by atomic mass is 16.8. The molecule has 0 unspecified atom stereocenters. The van der Waals surface area contributed by atoms with Crippen LogP contribution < -0.4 is 9.47 Å². The molecular formula is C52H54N2O5. The van der Waals surface area contributed by atoms with Crippen molar-refractivity contribution < 1.29 is 23.7 Å². The van der Waals surface area contributed by atoms with Crippen LogP contribution in [0.25, 0.3) is 0 Å². The lowest BCUT2D eigenvalue weighted by Gasteiger charge is -2.37. The third-order valence-electron chi connectivity index (χ3n) is 11.4. The predicted octanol–water partition coefficient (Wildman–Crippen LogP) is 10.6. The van der Waals surface area contributed by atoms with Crippen molar-refractivity contribution in [2.45, 2.75) is 96.9 Å². The van der Waals surface area contributed by atoms with E-state index in [0.717, 1.165) is 44.9 Å². The second-order valence-corrected chi connectivity index (χ2v) is 16.5. The van der Waals surface area contributed by atoms with Crippen molar-refractivity contribution in [3.8, 4) is 11.5 Å². The standard InChI is InChI=1S/C52H54N2O5/c1-37-15-19-39(20-16-37)31-47-49-50(59-52(3,4)58-49)48(32-40-21-17-38(2)18-22-40)54(34-42-25-29-46(30-26-42)57-36-44-13-9-6-10-14-44)51(55)53(47)33-41-23-27-45(28-24-41)56-35-43-11-7-5-8-12-43/h5-30,47-50H,31-36H2,1-4H3/t47-,48-,49+,50+/m1/s1. The molecule has 2 heterocycles. The van der Waals surface area contributed by atoms with Crippen LogP contribution in [0.4, 0.5) is 4.79 Å². The Kier molecular flexibility index (Phi) is 12.1. The molecule has 59 heavy (non-hydrogen) atoms. The normalized spacial score (nSPS) is 19.9. The van der Waals surface area contributed by atoms with Crippen molar-refractivity contribution in [2.24, 2.45) is 0 Å². The molecule has 2 saturated heterocycles. The Labute approximate surface area is 349 Å². The molecule has 0 radical (unpaired) electrons. The third kappa shape index (κ3) is 10.0. The number of rotatable bonds is 14. The maximum atomic E-state index is 15.6. The van der Waals surface area contributed by atoms with Crippen LogP contribution in [0.1, 0.15) is 58.4 Å². The number of urea groups is 1. The Morgan fingerprint density at radius 3 is 1.20 bits per heavy atom. The van der Waals surface area contributed by atoms with Gasteiger partial charge in [-0.25, -0.2) is 4.79 Å². The van der Waals surface area contributed by atoms with Crippen LogP contribution in [-0.4, -0.2) is 45.9 Å². The second-order valence-electron chi connectivity index (χ2n) is 16.5. The fraction of sp³-hybridized carbons (Fsp3) is 0.288. The van der Waals surface area contributed by atoms with Gasteiger partial charge in [0, 0.05) is 13.1 Å². The molecule has 7 nitrogen and oxygen atoms in total. The van der Waals surface area contributed by atoms with Gasteiger partial charge in [0.25, 0.3) is 0 Å². The van der Waals surface area contributed by atoms with E-state index in [-0.39, 0.29) is 18.1 Å². The van der Waals surface area contributed by atoms with Crippen LogP contribution in [-0.2, 0) is 48.6 Å². The monoisotopic (exact) mass is 786 g/mol. The van der Waals surface area contributed by atoms with Crippen molar-refractivity contribution in [1.82, 2.24) is 9.80 Å². The number of ether oxygens (including phenoxy) is 4. The molecular weight excluding hydrogens is 733 g/mol. The molecule has 2 aliphatic heterocycles. The van der Waals surface area contributed by atoms with E-state index in [0.29, 0.717) is 39.1 Å². The van der Waals surface area contributed by atoms with Crippen LogP contribution >= 0.6 is 0 Å². The summed E-state index contributed by atoms with van der Waals surface area (Å²) < 4.78 is 26.2. The van der Waals surface area contributed by atoms with Crippen LogP contribution in [0.15, 0.2) is 158 Å². The van der Waals surface area contributed by atoms with E-state index in [1.54, 1.807) is 0 Å². The molecule has 0 saturated carbocycles. The SMILES string of the molecule is Cc1ccc(C[C@@H]2[C@@H]3OC(C)(C)O[C@H]3[C@@H](Cc3ccc(C)cc3)N(Cc3ccc(OCc4ccccc4)cc3)C(=O)N2Cc2ccc(OCc3ccccc3)cc2)cc1. The van der Waals surface area contributed by atoms with E-state index in [1.807, 2.05) is 84.3 Å². The number of amides is 2. The zero-order valence-electron chi connectivity index (χ0n) is 34.5. The predicted molar refractivity (Wildman–Crippen MR) is 232 cm³/mol. The molecule has 0 aromatic heterocycles. The molecule has 6 aromatic carbocycles. The lowest BCUT2D eigenvalue weighted by Crippen LogP contribution is -2.51. The lowest BCUT2D eigenvalue weighted by molar-refractivity contribution is -0.157. The maximum Gasteiger partial charge on any atom is 0.321 e. The molecule has 4 atom stereocenters. The minimum Gasteiger partial charge on any atom is -0.489 e. The minimum absolute atomic E-state index is 0.0487. The van der Waals surface area contributed by atoms with Gasteiger partial charge in [-0.3, -0.25) is 0 Å². The first-order chi connectivity index (χ1) is 28.7. The van der Waals surface area contributed by atoms with Gasteiger partial charge < -0.3 is 28.7 Å². The average Bonchev–Trinajstić information content (AvgIpc) is 3.56. The average molecular weight is 787 g/mol. The largest absolute Gasteiger partial charge is 0.489 e. The fourth-order valence-corrected chi connectivity index (χ4v) is 8.23. The van der Waals surface area contributed by atoms with E-state index >= 15 is 4.79 Å². The van der Waals surface area contributed by atoms with Gasteiger partial charge in [0.1, 0.15) is 36.9 Å². The van der Waals surface area contributed by atoms with Gasteiger partial charge in [-0.15, -0.1) is 0 Å². The molecule has 2 fully saturated rings. The number of benzene rings is 6. The summed E-state index contributed by atoms with van der Waals surface area (Å²) in [4.78, 5) is 19.7. The van der Waals surface area contributed by atoms with Crippen molar-refractivity contribution >= 4 is 6.03 Å². The highest BCUT2D eigenvalue weighted by Gasteiger charge is 2.55. The molecule has 2 amide bonds. The third-order valence-corrected chi connectivity index (χ3v) is 11.4. The topological polar surface area (TPSA) is 60.5 Å². The number of carbonyl (C=O) groups is 1. The fourth-order valence-electron chi connectivity index (χ4n) is 8.23. The highest BCUT2D eigenvalue weighted by molar-refractivity contribution is 5.76. The van der Waals surface area contributed by atoms with E-state index < -0.39 is 18.0 Å². The molecule has 7 heteroatoms. The van der Waals surface area contributed by atoms with Gasteiger partial charge in [0.05, 0.1) is 12.1 Å². The Hall–Kier alpha value is -5.89. The Morgan fingerprint density at radius 2 is 0.831 bits per heavy atom. The minimum atomic E-state index is -0.848. The highest BCUT2D eigenvalue weighted by Crippen LogP contribution is 2.41. The van der Waals surface area contributed by atoms with E-state index in [9.17, 15) is 0 Å². The van der Waals surface area contributed by atoms with E-state index in [1.165, 1.54) is 11.1 Å². The first kappa shape index (κ1) is 39.9. The number of aryl methyl sites for hydroxylation is 2. The molecule has 302 valence electrons. The quantitative estimate of drug-likeness (QED) is 0.110. The number of nitrogens with zero attached hydrogens (tertiary/aromatic N) is 2. The summed E-state index contributed by atoms with van der Waals surface area (Å²) in [6.07, 6.45) is 0.447. The lowest BCUT2D eigenvalue weighted by atomic mass is 9.90. The van der Waals surface area contributed by atoms with Crippen molar-refractivity contribution in [2.75, 3.05) is 0 Å². The number of hydrogen-bond donors (Lipinski definition) is 0. The molecule has 0 aliphatic carbocycles. The van der Waals surface area contributed by atoms with Gasteiger partial charge in [-0.05, 0) is 98.2 Å². The van der Waals surface area contributed by atoms with E-state index in [4.69, 9.17) is 18.9 Å². The van der Waals surface area contributed by atoms with Gasteiger partial charge in [0.15, 0.2) is 5.79 Å². The molecule has 8 rings (SSSR count). The summed E-state index contributed by atoms with van der Waals surface area (Å²) in [5.41, 5.74) is 8.90. The molecule has 2 aliphatic rings. The van der Waals surface area contributed by atoms with Crippen LogP contribution in [0.2, 0.25) is 0 Å². The molecule has 0 bridgehead atoms. The van der Waals surface area contributed by atoms with Crippen LogP contribution in [0.5, 0.6) is 11.5 Å². The van der Waals surface area contributed by atoms with Gasteiger partial charge >= 0.3 is 6.03 Å². The summed E-state index contributed by atoms with van der Waals surface area (Å²) in [6, 6.07) is 53.1. The number of fused-ring (bicyclic) bond motifs is 1. The first-order valence-corrected chi connectivity index (χ1v) is 20.7.